The largest absolute Gasteiger partial charge is 0.381 e. The highest BCUT2D eigenvalue weighted by Gasteiger charge is 2.50. The molecule has 0 aromatic carbocycles. The molecule has 1 unspecified atom stereocenters. The molecule has 1 amide bonds. The lowest BCUT2D eigenvalue weighted by Crippen LogP contribution is -2.50. The van der Waals surface area contributed by atoms with Crippen molar-refractivity contribution in [3.8, 4) is 0 Å². The molecule has 0 saturated carbocycles. The number of carbonyl (C=O) groups excluding carboxylic acids is 1. The molecule has 6 heteroatoms. The molecule has 0 aliphatic carbocycles. The van der Waals surface area contributed by atoms with Gasteiger partial charge in [0, 0.05) is 51.3 Å². The summed E-state index contributed by atoms with van der Waals surface area (Å²) in [6.45, 7) is 6.27. The van der Waals surface area contributed by atoms with Crippen LogP contribution in [0.1, 0.15) is 44.6 Å². The van der Waals surface area contributed by atoms with Crippen LogP contribution in [0.4, 0.5) is 5.95 Å². The molecule has 1 aromatic rings. The fraction of sp³-hybridized carbons (Fsp3) is 0.737. The Kier molecular flexibility index (Phi) is 4.63. The van der Waals surface area contributed by atoms with E-state index in [2.05, 4.69) is 26.7 Å². The van der Waals surface area contributed by atoms with Gasteiger partial charge in [-0.2, -0.15) is 0 Å². The average molecular weight is 344 g/mol. The first-order valence-electron chi connectivity index (χ1n) is 9.66. The minimum Gasteiger partial charge on any atom is -0.381 e. The van der Waals surface area contributed by atoms with Gasteiger partial charge >= 0.3 is 0 Å². The Labute approximate surface area is 149 Å². The van der Waals surface area contributed by atoms with Gasteiger partial charge in [-0.15, -0.1) is 0 Å². The number of piperidine rings is 1. The fourth-order valence-electron chi connectivity index (χ4n) is 4.57. The van der Waals surface area contributed by atoms with Crippen LogP contribution in [0.2, 0.25) is 0 Å². The average Bonchev–Trinajstić information content (AvgIpc) is 2.98. The van der Waals surface area contributed by atoms with E-state index in [0.29, 0.717) is 11.9 Å². The van der Waals surface area contributed by atoms with E-state index in [1.54, 1.807) is 0 Å². The molecule has 25 heavy (non-hydrogen) atoms. The molecular formula is C19H28N4O2. The van der Waals surface area contributed by atoms with Crippen LogP contribution in [0.3, 0.4) is 0 Å². The van der Waals surface area contributed by atoms with Crippen LogP contribution < -0.4 is 4.90 Å². The summed E-state index contributed by atoms with van der Waals surface area (Å²) >= 11 is 0. The van der Waals surface area contributed by atoms with Crippen molar-refractivity contribution in [3.63, 3.8) is 0 Å². The van der Waals surface area contributed by atoms with Crippen molar-refractivity contribution in [1.82, 2.24) is 14.9 Å². The maximum Gasteiger partial charge on any atom is 0.230 e. The molecular weight excluding hydrogens is 316 g/mol. The number of hydrogen-bond donors (Lipinski definition) is 0. The van der Waals surface area contributed by atoms with Gasteiger partial charge in [0.2, 0.25) is 11.9 Å². The lowest BCUT2D eigenvalue weighted by Gasteiger charge is -2.40. The van der Waals surface area contributed by atoms with Crippen LogP contribution in [0.25, 0.3) is 0 Å². The summed E-state index contributed by atoms with van der Waals surface area (Å²) in [6, 6.07) is 0.371. The summed E-state index contributed by atoms with van der Waals surface area (Å²) in [5.41, 5.74) is 0.918. The second kappa shape index (κ2) is 6.90. The van der Waals surface area contributed by atoms with Crippen molar-refractivity contribution in [3.05, 3.63) is 18.0 Å². The van der Waals surface area contributed by atoms with Gasteiger partial charge in [-0.1, -0.05) is 6.92 Å². The number of carbonyl (C=O) groups is 1. The number of nitrogens with zero attached hydrogens (tertiary/aromatic N) is 4. The van der Waals surface area contributed by atoms with Crippen LogP contribution in [-0.4, -0.2) is 59.7 Å². The Hall–Kier alpha value is -1.69. The van der Waals surface area contributed by atoms with Gasteiger partial charge in [0.1, 0.15) is 0 Å². The van der Waals surface area contributed by atoms with E-state index < -0.39 is 0 Å². The van der Waals surface area contributed by atoms with Gasteiger partial charge in [-0.3, -0.25) is 4.79 Å². The van der Waals surface area contributed by atoms with E-state index >= 15 is 0 Å². The van der Waals surface area contributed by atoms with Gasteiger partial charge < -0.3 is 14.5 Å². The number of hydrogen-bond acceptors (Lipinski definition) is 5. The molecule has 3 fully saturated rings. The molecule has 136 valence electrons. The van der Waals surface area contributed by atoms with Crippen molar-refractivity contribution in [2.45, 2.75) is 51.5 Å². The molecule has 3 aliphatic heterocycles. The number of amides is 1. The third-order valence-corrected chi connectivity index (χ3v) is 6.14. The number of aryl methyl sites for hydroxylation is 1. The maximum absolute atomic E-state index is 13.3. The van der Waals surface area contributed by atoms with E-state index in [-0.39, 0.29) is 5.41 Å². The van der Waals surface area contributed by atoms with Crippen LogP contribution in [-0.2, 0) is 16.0 Å². The van der Waals surface area contributed by atoms with Crippen LogP contribution in [0, 0.1) is 5.41 Å². The quantitative estimate of drug-likeness (QED) is 0.840. The second-order valence-electron chi connectivity index (χ2n) is 7.64. The summed E-state index contributed by atoms with van der Waals surface area (Å²) in [4.78, 5) is 26.7. The smallest absolute Gasteiger partial charge is 0.230 e. The Morgan fingerprint density at radius 3 is 2.68 bits per heavy atom. The number of aromatic nitrogens is 2. The molecule has 4 rings (SSSR count). The van der Waals surface area contributed by atoms with Crippen LogP contribution in [0.15, 0.2) is 12.4 Å². The lowest BCUT2D eigenvalue weighted by molar-refractivity contribution is -0.139. The fourth-order valence-corrected chi connectivity index (χ4v) is 4.57. The van der Waals surface area contributed by atoms with E-state index in [1.165, 1.54) is 0 Å². The van der Waals surface area contributed by atoms with Crippen molar-refractivity contribution >= 4 is 11.9 Å². The lowest BCUT2D eigenvalue weighted by atomic mass is 9.78. The predicted octanol–water partition coefficient (Wildman–Crippen LogP) is 2.04. The predicted molar refractivity (Wildman–Crippen MR) is 95.5 cm³/mol. The molecule has 3 saturated heterocycles. The molecule has 4 heterocycles. The van der Waals surface area contributed by atoms with Gasteiger partial charge in [0.25, 0.3) is 0 Å². The van der Waals surface area contributed by atoms with Crippen molar-refractivity contribution in [2.24, 2.45) is 5.41 Å². The molecule has 0 bridgehead atoms. The van der Waals surface area contributed by atoms with Gasteiger partial charge in [0.15, 0.2) is 0 Å². The normalized spacial score (nSPS) is 28.1. The molecule has 0 radical (unpaired) electrons. The topological polar surface area (TPSA) is 58.6 Å². The van der Waals surface area contributed by atoms with Crippen molar-refractivity contribution < 1.29 is 9.53 Å². The minimum absolute atomic E-state index is 0.233. The molecule has 0 N–H and O–H groups in total. The SMILES string of the molecule is CCc1cnc(N2CCCC3(CCN(C4CCOCC4)C3=O)C2)nc1. The number of anilines is 1. The Morgan fingerprint density at radius 2 is 1.96 bits per heavy atom. The van der Waals surface area contributed by atoms with Gasteiger partial charge in [0.05, 0.1) is 5.41 Å². The van der Waals surface area contributed by atoms with Crippen LogP contribution >= 0.6 is 0 Å². The van der Waals surface area contributed by atoms with Crippen molar-refractivity contribution in [2.75, 3.05) is 37.7 Å². The zero-order valence-electron chi connectivity index (χ0n) is 15.1. The van der Waals surface area contributed by atoms with Crippen LogP contribution in [0.5, 0.6) is 0 Å². The Balaban J connectivity index is 1.48. The number of rotatable bonds is 3. The zero-order chi connectivity index (χ0) is 17.3. The molecule has 3 aliphatic rings. The molecule has 1 aromatic heterocycles. The zero-order valence-corrected chi connectivity index (χ0v) is 15.1. The summed E-state index contributed by atoms with van der Waals surface area (Å²) in [7, 11) is 0. The minimum atomic E-state index is -0.233. The maximum atomic E-state index is 13.3. The third-order valence-electron chi connectivity index (χ3n) is 6.14. The van der Waals surface area contributed by atoms with E-state index in [1.807, 2.05) is 12.4 Å². The van der Waals surface area contributed by atoms with Crippen molar-refractivity contribution in [1.29, 1.82) is 0 Å². The molecule has 1 atom stereocenters. The molecule has 6 nitrogen and oxygen atoms in total. The van der Waals surface area contributed by atoms with E-state index in [9.17, 15) is 4.79 Å². The van der Waals surface area contributed by atoms with E-state index in [0.717, 1.165) is 82.9 Å². The second-order valence-corrected chi connectivity index (χ2v) is 7.64. The standard InChI is InChI=1S/C19H28N4O2/c1-2-15-12-20-18(21-13-15)22-8-3-6-19(14-22)7-9-23(17(19)24)16-4-10-25-11-5-16/h12-13,16H,2-11,14H2,1H3. The summed E-state index contributed by atoms with van der Waals surface area (Å²) in [6.07, 6.45) is 9.72. The number of ether oxygens (including phenoxy) is 1. The third kappa shape index (κ3) is 3.12. The summed E-state index contributed by atoms with van der Waals surface area (Å²) < 4.78 is 5.46. The highest BCUT2D eigenvalue weighted by molar-refractivity contribution is 5.86. The Bertz CT molecular complexity index is 614. The first kappa shape index (κ1) is 16.8. The highest BCUT2D eigenvalue weighted by atomic mass is 16.5. The summed E-state index contributed by atoms with van der Waals surface area (Å²) in [5.74, 6) is 1.13. The summed E-state index contributed by atoms with van der Waals surface area (Å²) in [5, 5.41) is 0. The Morgan fingerprint density at radius 1 is 1.20 bits per heavy atom. The number of likely N-dealkylation sites (tertiary alicyclic amines) is 1. The first-order chi connectivity index (χ1) is 12.2. The van der Waals surface area contributed by atoms with E-state index in [4.69, 9.17) is 4.74 Å². The van der Waals surface area contributed by atoms with Gasteiger partial charge in [-0.05, 0) is 44.1 Å². The highest BCUT2D eigenvalue weighted by Crippen LogP contribution is 2.42. The van der Waals surface area contributed by atoms with Gasteiger partial charge in [-0.25, -0.2) is 9.97 Å². The molecule has 1 spiro atoms. The monoisotopic (exact) mass is 344 g/mol. The first-order valence-corrected chi connectivity index (χ1v) is 9.66.